The SMILES string of the molecule is c1ccc(-c2cccc(-n3c4ccccc4c4c5c6ccccc6n(-c6nc(-c7ccc8oc9ccccc9c8c7)nc(-c7ccc8oc9ccccc9c8c7)n6)c5ccc43)c2)cc1. The Balaban J connectivity index is 1.04. The van der Waals surface area contributed by atoms with Crippen molar-refractivity contribution in [2.45, 2.75) is 0 Å². The van der Waals surface area contributed by atoms with E-state index in [0.29, 0.717) is 17.6 Å². The maximum absolute atomic E-state index is 6.24. The van der Waals surface area contributed by atoms with Crippen LogP contribution in [0.15, 0.2) is 209 Å². The van der Waals surface area contributed by atoms with E-state index in [-0.39, 0.29) is 0 Å². The van der Waals surface area contributed by atoms with E-state index in [0.717, 1.165) is 93.5 Å². The number of rotatable bonds is 5. The van der Waals surface area contributed by atoms with Crippen LogP contribution in [0, 0.1) is 0 Å². The van der Waals surface area contributed by atoms with Gasteiger partial charge >= 0.3 is 0 Å². The van der Waals surface area contributed by atoms with Gasteiger partial charge in [0, 0.05) is 59.9 Å². The largest absolute Gasteiger partial charge is 0.456 e. The minimum atomic E-state index is 0.527. The van der Waals surface area contributed by atoms with Gasteiger partial charge < -0.3 is 13.4 Å². The first-order chi connectivity index (χ1) is 31.7. The summed E-state index contributed by atoms with van der Waals surface area (Å²) in [5.41, 5.74) is 12.8. The van der Waals surface area contributed by atoms with Crippen LogP contribution in [0.4, 0.5) is 0 Å². The van der Waals surface area contributed by atoms with Crippen LogP contribution in [0.3, 0.4) is 0 Å². The average molecular weight is 820 g/mol. The van der Waals surface area contributed by atoms with Crippen molar-refractivity contribution < 1.29 is 8.83 Å². The number of hydrogen-bond donors (Lipinski definition) is 0. The van der Waals surface area contributed by atoms with Gasteiger partial charge in [-0.05, 0) is 96.1 Å². The second-order valence-electron chi connectivity index (χ2n) is 16.4. The molecule has 9 aromatic carbocycles. The van der Waals surface area contributed by atoms with Crippen molar-refractivity contribution in [1.82, 2.24) is 24.1 Å². The number of furan rings is 2. The predicted octanol–water partition coefficient (Wildman–Crippen LogP) is 14.9. The molecule has 0 unspecified atom stereocenters. The van der Waals surface area contributed by atoms with E-state index in [1.165, 1.54) is 21.9 Å². The maximum atomic E-state index is 6.24. The molecule has 0 fully saturated rings. The van der Waals surface area contributed by atoms with Gasteiger partial charge in [-0.1, -0.05) is 115 Å². The lowest BCUT2D eigenvalue weighted by molar-refractivity contribution is 0.668. The van der Waals surface area contributed by atoms with Gasteiger partial charge in [0.1, 0.15) is 22.3 Å². The van der Waals surface area contributed by atoms with E-state index in [9.17, 15) is 0 Å². The van der Waals surface area contributed by atoms with Crippen LogP contribution in [-0.4, -0.2) is 24.1 Å². The molecule has 0 saturated carbocycles. The standard InChI is InChI=1S/C57H33N5O2/c1-2-13-34(14-3-1)35-15-12-16-38(31-35)61-45-21-8-4-19-41(45)53-47(61)27-28-48-54(53)42-20-5-9-22-46(42)62(48)57-59-55(36-25-29-51-43(32-36)39-17-6-10-23-49(39)63-51)58-56(60-57)37-26-30-52-44(33-37)40-18-7-11-24-50(40)64-52/h1-33H. The van der Waals surface area contributed by atoms with Gasteiger partial charge in [0.2, 0.25) is 5.95 Å². The van der Waals surface area contributed by atoms with Gasteiger partial charge in [-0.25, -0.2) is 4.98 Å². The fourth-order valence-electron chi connectivity index (χ4n) is 9.92. The highest BCUT2D eigenvalue weighted by Gasteiger charge is 2.23. The van der Waals surface area contributed by atoms with Crippen LogP contribution < -0.4 is 0 Å². The summed E-state index contributed by atoms with van der Waals surface area (Å²) in [7, 11) is 0. The molecule has 298 valence electrons. The van der Waals surface area contributed by atoms with Crippen LogP contribution in [-0.2, 0) is 0 Å². The van der Waals surface area contributed by atoms with E-state index >= 15 is 0 Å². The molecule has 0 amide bonds. The molecule has 0 N–H and O–H groups in total. The highest BCUT2D eigenvalue weighted by Crippen LogP contribution is 2.43. The van der Waals surface area contributed by atoms with Crippen LogP contribution in [0.1, 0.15) is 0 Å². The van der Waals surface area contributed by atoms with Crippen LogP contribution >= 0.6 is 0 Å². The minimum absolute atomic E-state index is 0.527. The maximum Gasteiger partial charge on any atom is 0.238 e. The predicted molar refractivity (Wildman–Crippen MR) is 259 cm³/mol. The summed E-state index contributed by atoms with van der Waals surface area (Å²) in [4.78, 5) is 16.0. The molecule has 0 bridgehead atoms. The smallest absolute Gasteiger partial charge is 0.238 e. The summed E-state index contributed by atoms with van der Waals surface area (Å²) in [6.45, 7) is 0. The molecule has 0 aliphatic carbocycles. The molecule has 0 aliphatic rings. The summed E-state index contributed by atoms with van der Waals surface area (Å²) in [5, 5.41) is 8.72. The number of nitrogens with zero attached hydrogens (tertiary/aromatic N) is 5. The zero-order valence-corrected chi connectivity index (χ0v) is 34.1. The Bertz CT molecular complexity index is 4080. The Morgan fingerprint density at radius 3 is 1.39 bits per heavy atom. The normalized spacial score (nSPS) is 12.1. The molecule has 0 aliphatic heterocycles. The zero-order chi connectivity index (χ0) is 41.9. The second-order valence-corrected chi connectivity index (χ2v) is 16.4. The van der Waals surface area contributed by atoms with E-state index in [1.807, 2.05) is 60.7 Å². The number of fused-ring (bicyclic) bond motifs is 13. The van der Waals surface area contributed by atoms with Gasteiger partial charge in [0.15, 0.2) is 11.6 Å². The number of hydrogen-bond acceptors (Lipinski definition) is 5. The number of benzene rings is 9. The van der Waals surface area contributed by atoms with E-state index < -0.39 is 0 Å². The van der Waals surface area contributed by atoms with Crippen molar-refractivity contribution in [2.75, 3.05) is 0 Å². The van der Waals surface area contributed by atoms with Gasteiger partial charge in [-0.2, -0.15) is 9.97 Å². The summed E-state index contributed by atoms with van der Waals surface area (Å²) in [5.74, 6) is 1.65. The first-order valence-electron chi connectivity index (χ1n) is 21.4. The molecular weight excluding hydrogens is 787 g/mol. The molecule has 0 atom stereocenters. The van der Waals surface area contributed by atoms with Crippen molar-refractivity contribution in [3.63, 3.8) is 0 Å². The molecule has 7 heteroatoms. The van der Waals surface area contributed by atoms with Crippen LogP contribution in [0.25, 0.3) is 133 Å². The quantitative estimate of drug-likeness (QED) is 0.173. The number of para-hydroxylation sites is 4. The van der Waals surface area contributed by atoms with Crippen LogP contribution in [0.2, 0.25) is 0 Å². The second kappa shape index (κ2) is 13.3. The Morgan fingerprint density at radius 1 is 0.297 bits per heavy atom. The van der Waals surface area contributed by atoms with Crippen molar-refractivity contribution in [3.05, 3.63) is 200 Å². The van der Waals surface area contributed by atoms with Crippen molar-refractivity contribution >= 4 is 87.5 Å². The molecule has 0 saturated heterocycles. The van der Waals surface area contributed by atoms with E-state index in [1.54, 1.807) is 0 Å². The molecule has 14 aromatic rings. The number of aromatic nitrogens is 5. The fraction of sp³-hybridized carbons (Fsp3) is 0. The first kappa shape index (κ1) is 34.9. The Morgan fingerprint density at radius 2 is 0.781 bits per heavy atom. The summed E-state index contributed by atoms with van der Waals surface area (Å²) >= 11 is 0. The third-order valence-electron chi connectivity index (χ3n) is 12.8. The molecular formula is C57H33N5O2. The minimum Gasteiger partial charge on any atom is -0.456 e. The summed E-state index contributed by atoms with van der Waals surface area (Å²) in [6, 6.07) is 69.8. The summed E-state index contributed by atoms with van der Waals surface area (Å²) in [6.07, 6.45) is 0. The third kappa shape index (κ3) is 5.12. The Hall–Kier alpha value is -8.81. The Kier molecular flexibility index (Phi) is 7.27. The van der Waals surface area contributed by atoms with Gasteiger partial charge in [0.25, 0.3) is 0 Å². The highest BCUT2D eigenvalue weighted by atomic mass is 16.3. The fourth-order valence-corrected chi connectivity index (χ4v) is 9.92. The monoisotopic (exact) mass is 819 g/mol. The highest BCUT2D eigenvalue weighted by molar-refractivity contribution is 6.29. The van der Waals surface area contributed by atoms with Crippen molar-refractivity contribution in [3.8, 4) is 45.5 Å². The van der Waals surface area contributed by atoms with Gasteiger partial charge in [0.05, 0.1) is 22.1 Å². The average Bonchev–Trinajstić information content (AvgIpc) is 4.11. The molecule has 14 rings (SSSR count). The van der Waals surface area contributed by atoms with Gasteiger partial charge in [-0.3, -0.25) is 4.57 Å². The first-order valence-corrected chi connectivity index (χ1v) is 21.4. The van der Waals surface area contributed by atoms with E-state index in [2.05, 4.69) is 149 Å². The molecule has 0 spiro atoms. The van der Waals surface area contributed by atoms with Crippen molar-refractivity contribution in [1.29, 1.82) is 0 Å². The van der Waals surface area contributed by atoms with E-state index in [4.69, 9.17) is 23.8 Å². The molecule has 7 nitrogen and oxygen atoms in total. The molecule has 5 aromatic heterocycles. The lowest BCUT2D eigenvalue weighted by Gasteiger charge is -2.12. The van der Waals surface area contributed by atoms with Gasteiger partial charge in [-0.15, -0.1) is 0 Å². The molecule has 0 radical (unpaired) electrons. The van der Waals surface area contributed by atoms with Crippen LogP contribution in [0.5, 0.6) is 0 Å². The lowest BCUT2D eigenvalue weighted by atomic mass is 10.0. The van der Waals surface area contributed by atoms with Crippen molar-refractivity contribution in [2.24, 2.45) is 0 Å². The topological polar surface area (TPSA) is 74.8 Å². The molecule has 5 heterocycles. The lowest BCUT2D eigenvalue weighted by Crippen LogP contribution is -2.06. The summed E-state index contributed by atoms with van der Waals surface area (Å²) < 4.78 is 17.1. The Labute approximate surface area is 364 Å². The zero-order valence-electron chi connectivity index (χ0n) is 34.1. The third-order valence-corrected chi connectivity index (χ3v) is 12.8. The molecule has 64 heavy (non-hydrogen) atoms.